The van der Waals surface area contributed by atoms with Crippen LogP contribution in [0, 0.1) is 0 Å². The van der Waals surface area contributed by atoms with Gasteiger partial charge in [0.15, 0.2) is 5.65 Å². The molecule has 118 valence electrons. The van der Waals surface area contributed by atoms with Crippen LogP contribution in [0.15, 0.2) is 47.6 Å². The van der Waals surface area contributed by atoms with E-state index in [1.807, 2.05) is 24.3 Å². The Morgan fingerprint density at radius 1 is 1.08 bits per heavy atom. The largest absolute Gasteiger partial charge is 0.338 e. The van der Waals surface area contributed by atoms with Crippen LogP contribution >= 0.6 is 23.2 Å². The van der Waals surface area contributed by atoms with Crippen molar-refractivity contribution in [2.24, 2.45) is 5.10 Å². The quantitative estimate of drug-likeness (QED) is 0.424. The first-order valence-electron chi connectivity index (χ1n) is 7.06. The Bertz CT molecular complexity index is 1070. The predicted octanol–water partition coefficient (Wildman–Crippen LogP) is 4.26. The van der Waals surface area contributed by atoms with Crippen LogP contribution in [-0.2, 0) is 0 Å². The lowest BCUT2D eigenvalue weighted by Crippen LogP contribution is -1.99. The number of hydrogen-bond donors (Lipinski definition) is 2. The molecule has 4 aromatic rings. The van der Waals surface area contributed by atoms with Gasteiger partial charge in [-0.1, -0.05) is 47.5 Å². The summed E-state index contributed by atoms with van der Waals surface area (Å²) >= 11 is 11.9. The Labute approximate surface area is 146 Å². The minimum absolute atomic E-state index is 0.287. The summed E-state index contributed by atoms with van der Waals surface area (Å²) in [5.74, 6) is 0.287. The number of hydrazone groups is 1. The van der Waals surface area contributed by atoms with Crippen molar-refractivity contribution in [2.45, 2.75) is 0 Å². The molecule has 0 saturated heterocycles. The van der Waals surface area contributed by atoms with E-state index in [1.165, 1.54) is 0 Å². The van der Waals surface area contributed by atoms with E-state index in [-0.39, 0.29) is 5.95 Å². The molecule has 6 nitrogen and oxygen atoms in total. The highest BCUT2D eigenvalue weighted by atomic mass is 35.5. The SMILES string of the molecule is Clc1ccc(/C=N\Nc2nnc3c(n2)[nH]c2ccccc23)c(Cl)c1. The number of para-hydroxylation sites is 1. The number of aromatic amines is 1. The second-order valence-corrected chi connectivity index (χ2v) is 5.88. The lowest BCUT2D eigenvalue weighted by molar-refractivity contribution is 1.01. The van der Waals surface area contributed by atoms with Crippen molar-refractivity contribution in [3.05, 3.63) is 58.1 Å². The third-order valence-corrected chi connectivity index (χ3v) is 4.02. The number of hydrogen-bond acceptors (Lipinski definition) is 5. The van der Waals surface area contributed by atoms with Gasteiger partial charge in [0, 0.05) is 21.5 Å². The highest BCUT2D eigenvalue weighted by molar-refractivity contribution is 6.36. The number of nitrogens with zero attached hydrogens (tertiary/aromatic N) is 4. The van der Waals surface area contributed by atoms with E-state index >= 15 is 0 Å². The number of halogens is 2. The molecule has 0 radical (unpaired) electrons. The molecule has 0 aliphatic rings. The molecule has 0 aliphatic heterocycles. The monoisotopic (exact) mass is 356 g/mol. The molecule has 24 heavy (non-hydrogen) atoms. The molecule has 2 heterocycles. The molecule has 2 N–H and O–H groups in total. The first-order valence-corrected chi connectivity index (χ1v) is 7.81. The van der Waals surface area contributed by atoms with E-state index in [1.54, 1.807) is 24.4 Å². The van der Waals surface area contributed by atoms with E-state index in [4.69, 9.17) is 23.2 Å². The molecule has 0 bridgehead atoms. The maximum Gasteiger partial charge on any atom is 0.265 e. The van der Waals surface area contributed by atoms with Crippen molar-refractivity contribution in [1.29, 1.82) is 0 Å². The summed E-state index contributed by atoms with van der Waals surface area (Å²) in [5, 5.41) is 14.4. The van der Waals surface area contributed by atoms with Gasteiger partial charge < -0.3 is 4.98 Å². The molecule has 2 aromatic heterocycles. The van der Waals surface area contributed by atoms with Crippen molar-refractivity contribution in [1.82, 2.24) is 20.2 Å². The normalized spacial score (nSPS) is 11.6. The Morgan fingerprint density at radius 2 is 1.96 bits per heavy atom. The van der Waals surface area contributed by atoms with Crippen LogP contribution in [0.2, 0.25) is 10.0 Å². The Kier molecular flexibility index (Phi) is 3.76. The van der Waals surface area contributed by atoms with E-state index < -0.39 is 0 Å². The summed E-state index contributed by atoms with van der Waals surface area (Å²) in [6.45, 7) is 0. The Balaban J connectivity index is 1.60. The van der Waals surface area contributed by atoms with Crippen LogP contribution < -0.4 is 5.43 Å². The molecule has 0 fully saturated rings. The summed E-state index contributed by atoms with van der Waals surface area (Å²) in [6, 6.07) is 13.0. The van der Waals surface area contributed by atoms with Gasteiger partial charge in [-0.3, -0.25) is 0 Å². The van der Waals surface area contributed by atoms with Gasteiger partial charge in [-0.25, -0.2) is 5.43 Å². The first-order chi connectivity index (χ1) is 11.7. The number of H-pyrrole nitrogens is 1. The molecule has 0 atom stereocenters. The number of fused-ring (bicyclic) bond motifs is 3. The van der Waals surface area contributed by atoms with E-state index in [0.29, 0.717) is 15.7 Å². The average Bonchev–Trinajstić information content (AvgIpc) is 2.94. The minimum Gasteiger partial charge on any atom is -0.338 e. The maximum atomic E-state index is 6.08. The van der Waals surface area contributed by atoms with Gasteiger partial charge in [0.1, 0.15) is 5.52 Å². The van der Waals surface area contributed by atoms with Crippen molar-refractivity contribution in [3.8, 4) is 0 Å². The fourth-order valence-corrected chi connectivity index (χ4v) is 2.79. The van der Waals surface area contributed by atoms with Crippen LogP contribution in [0.25, 0.3) is 22.1 Å². The second kappa shape index (κ2) is 6.07. The molecular weight excluding hydrogens is 347 g/mol. The summed E-state index contributed by atoms with van der Waals surface area (Å²) in [5.41, 5.74) is 5.81. The van der Waals surface area contributed by atoms with Gasteiger partial charge in [0.2, 0.25) is 0 Å². The minimum atomic E-state index is 0.287. The average molecular weight is 357 g/mol. The fourth-order valence-electron chi connectivity index (χ4n) is 2.33. The van der Waals surface area contributed by atoms with Gasteiger partial charge >= 0.3 is 0 Å². The fraction of sp³-hybridized carbons (Fsp3) is 0. The Hall–Kier alpha value is -2.70. The zero-order chi connectivity index (χ0) is 16.5. The van der Waals surface area contributed by atoms with Gasteiger partial charge in [-0.05, 0) is 18.2 Å². The van der Waals surface area contributed by atoms with Gasteiger partial charge in [-0.15, -0.1) is 10.2 Å². The third-order valence-electron chi connectivity index (χ3n) is 3.45. The molecule has 0 aliphatic carbocycles. The van der Waals surface area contributed by atoms with Gasteiger partial charge in [0.25, 0.3) is 5.95 Å². The van der Waals surface area contributed by atoms with Crippen LogP contribution in [0.1, 0.15) is 5.56 Å². The van der Waals surface area contributed by atoms with Crippen LogP contribution in [-0.4, -0.2) is 26.4 Å². The zero-order valence-electron chi connectivity index (χ0n) is 12.2. The molecule has 0 amide bonds. The lowest BCUT2D eigenvalue weighted by Gasteiger charge is -1.99. The van der Waals surface area contributed by atoms with Crippen molar-refractivity contribution in [3.63, 3.8) is 0 Å². The van der Waals surface area contributed by atoms with E-state index in [2.05, 4.69) is 30.7 Å². The van der Waals surface area contributed by atoms with Crippen molar-refractivity contribution in [2.75, 3.05) is 5.43 Å². The smallest absolute Gasteiger partial charge is 0.265 e. The van der Waals surface area contributed by atoms with Crippen molar-refractivity contribution >= 4 is 57.4 Å². The number of aromatic nitrogens is 4. The van der Waals surface area contributed by atoms with Crippen molar-refractivity contribution < 1.29 is 0 Å². The molecule has 2 aromatic carbocycles. The van der Waals surface area contributed by atoms with Crippen LogP contribution in [0.5, 0.6) is 0 Å². The third kappa shape index (κ3) is 2.77. The van der Waals surface area contributed by atoms with Gasteiger partial charge in [-0.2, -0.15) is 10.1 Å². The lowest BCUT2D eigenvalue weighted by atomic mass is 10.2. The summed E-state index contributed by atoms with van der Waals surface area (Å²) in [7, 11) is 0. The van der Waals surface area contributed by atoms with E-state index in [9.17, 15) is 0 Å². The highest BCUT2D eigenvalue weighted by Gasteiger charge is 2.08. The zero-order valence-corrected chi connectivity index (χ0v) is 13.7. The molecule has 4 rings (SSSR count). The van der Waals surface area contributed by atoms with Crippen LogP contribution in [0.3, 0.4) is 0 Å². The molecule has 8 heteroatoms. The maximum absolute atomic E-state index is 6.08. The topological polar surface area (TPSA) is 78.8 Å². The Morgan fingerprint density at radius 3 is 2.83 bits per heavy atom. The number of rotatable bonds is 3. The molecule has 0 spiro atoms. The molecular formula is C16H10Cl2N6. The number of benzene rings is 2. The summed E-state index contributed by atoms with van der Waals surface area (Å²) < 4.78 is 0. The van der Waals surface area contributed by atoms with Gasteiger partial charge in [0.05, 0.1) is 11.2 Å². The predicted molar refractivity (Wildman–Crippen MR) is 96.9 cm³/mol. The summed E-state index contributed by atoms with van der Waals surface area (Å²) in [6.07, 6.45) is 1.57. The standard InChI is InChI=1S/C16H10Cl2N6/c17-10-6-5-9(12(18)7-10)8-19-23-16-21-15-14(22-24-16)11-3-1-2-4-13(11)20-15/h1-8H,(H2,20,21,23,24)/b19-8-. The highest BCUT2D eigenvalue weighted by Crippen LogP contribution is 2.22. The molecule has 0 unspecified atom stereocenters. The van der Waals surface area contributed by atoms with E-state index in [0.717, 1.165) is 22.0 Å². The second-order valence-electron chi connectivity index (χ2n) is 5.04. The number of nitrogens with one attached hydrogen (secondary N) is 2. The summed E-state index contributed by atoms with van der Waals surface area (Å²) in [4.78, 5) is 7.57. The number of anilines is 1. The van der Waals surface area contributed by atoms with Crippen LogP contribution in [0.4, 0.5) is 5.95 Å². The first kappa shape index (κ1) is 14.9. The molecule has 0 saturated carbocycles.